The van der Waals surface area contributed by atoms with Gasteiger partial charge in [0.05, 0.1) is 32.4 Å². The molecule has 1 heterocycles. The summed E-state index contributed by atoms with van der Waals surface area (Å²) in [6, 6.07) is 14.6. The zero-order valence-corrected chi connectivity index (χ0v) is 17.8. The Morgan fingerprint density at radius 1 is 1.07 bits per heavy atom. The number of carbonyl (C=O) groups is 2. The molecule has 8 heteroatoms. The Labute approximate surface area is 179 Å². The predicted molar refractivity (Wildman–Crippen MR) is 116 cm³/mol. The largest absolute Gasteiger partial charge is 0.493 e. The molecule has 2 amide bonds. The molecule has 156 valence electrons. The molecule has 1 aromatic heterocycles. The molecule has 0 radical (unpaired) electrons. The summed E-state index contributed by atoms with van der Waals surface area (Å²) in [6.07, 6.45) is 0.139. The molecule has 0 fully saturated rings. The maximum Gasteiger partial charge on any atom is 0.257 e. The van der Waals surface area contributed by atoms with Crippen LogP contribution in [0.1, 0.15) is 34.6 Å². The number of amides is 2. The molecule has 0 bridgehead atoms. The highest BCUT2D eigenvalue weighted by Gasteiger charge is 2.15. The number of carbonyl (C=O) groups excluding carboxylic acids is 2. The Morgan fingerprint density at radius 3 is 2.50 bits per heavy atom. The van der Waals surface area contributed by atoms with Gasteiger partial charge in [-0.2, -0.15) is 0 Å². The number of hydrogen-bond acceptors (Lipinski definition) is 6. The minimum Gasteiger partial charge on any atom is -0.493 e. The van der Waals surface area contributed by atoms with Crippen molar-refractivity contribution in [3.05, 3.63) is 70.7 Å². The van der Waals surface area contributed by atoms with Crippen molar-refractivity contribution in [2.75, 3.05) is 19.5 Å². The first-order valence-corrected chi connectivity index (χ1v) is 10.2. The lowest BCUT2D eigenvalue weighted by atomic mass is 10.1. The Bertz CT molecular complexity index is 1020. The number of nitrogens with zero attached hydrogens (tertiary/aromatic N) is 1. The number of aromatic nitrogens is 1. The first-order chi connectivity index (χ1) is 14.5. The van der Waals surface area contributed by atoms with Crippen molar-refractivity contribution in [2.24, 2.45) is 0 Å². The molecular weight excluding hydrogens is 402 g/mol. The van der Waals surface area contributed by atoms with E-state index in [4.69, 9.17) is 9.47 Å². The third-order valence-corrected chi connectivity index (χ3v) is 5.24. The number of nitrogens with one attached hydrogen (secondary N) is 2. The van der Waals surface area contributed by atoms with Gasteiger partial charge < -0.3 is 14.8 Å². The van der Waals surface area contributed by atoms with Gasteiger partial charge >= 0.3 is 0 Å². The monoisotopic (exact) mass is 425 g/mol. The zero-order valence-electron chi connectivity index (χ0n) is 17.0. The molecule has 1 atom stereocenters. The van der Waals surface area contributed by atoms with Crippen LogP contribution in [-0.2, 0) is 11.2 Å². The van der Waals surface area contributed by atoms with Gasteiger partial charge in [-0.3, -0.25) is 14.9 Å². The van der Waals surface area contributed by atoms with Crippen molar-refractivity contribution in [2.45, 2.75) is 19.4 Å². The van der Waals surface area contributed by atoms with E-state index in [2.05, 4.69) is 15.6 Å². The summed E-state index contributed by atoms with van der Waals surface area (Å²) in [4.78, 5) is 29.2. The Morgan fingerprint density at radius 2 is 1.80 bits per heavy atom. The summed E-state index contributed by atoms with van der Waals surface area (Å²) in [5.74, 6) is 0.559. The summed E-state index contributed by atoms with van der Waals surface area (Å²) < 4.78 is 10.4. The minimum atomic E-state index is -0.320. The van der Waals surface area contributed by atoms with Gasteiger partial charge in [-0.15, -0.1) is 11.3 Å². The van der Waals surface area contributed by atoms with Crippen molar-refractivity contribution in [3.63, 3.8) is 0 Å². The second kappa shape index (κ2) is 9.89. The lowest BCUT2D eigenvalue weighted by Gasteiger charge is -2.13. The van der Waals surface area contributed by atoms with E-state index in [1.807, 2.05) is 37.3 Å². The van der Waals surface area contributed by atoms with Gasteiger partial charge in [0.2, 0.25) is 5.91 Å². The van der Waals surface area contributed by atoms with E-state index in [0.29, 0.717) is 27.9 Å². The molecule has 1 unspecified atom stereocenters. The van der Waals surface area contributed by atoms with Crippen LogP contribution >= 0.6 is 11.3 Å². The third kappa shape index (κ3) is 5.36. The highest BCUT2D eigenvalue weighted by atomic mass is 32.1. The summed E-state index contributed by atoms with van der Waals surface area (Å²) in [7, 11) is 3.04. The first kappa shape index (κ1) is 21.3. The van der Waals surface area contributed by atoms with Crippen LogP contribution in [0.3, 0.4) is 0 Å². The lowest BCUT2D eigenvalue weighted by molar-refractivity contribution is -0.121. The fourth-order valence-electron chi connectivity index (χ4n) is 2.87. The number of ether oxygens (including phenoxy) is 2. The highest BCUT2D eigenvalue weighted by molar-refractivity contribution is 7.14. The number of hydrogen-bond donors (Lipinski definition) is 2. The number of benzene rings is 2. The van der Waals surface area contributed by atoms with Gasteiger partial charge in [-0.25, -0.2) is 4.98 Å². The smallest absolute Gasteiger partial charge is 0.257 e. The summed E-state index contributed by atoms with van der Waals surface area (Å²) >= 11 is 1.27. The average Bonchev–Trinajstić information content (AvgIpc) is 3.20. The molecular formula is C22H23N3O4S. The fourth-order valence-corrected chi connectivity index (χ4v) is 3.58. The normalized spacial score (nSPS) is 11.4. The second-order valence-corrected chi connectivity index (χ2v) is 7.40. The van der Waals surface area contributed by atoms with E-state index in [1.54, 1.807) is 23.6 Å². The van der Waals surface area contributed by atoms with Gasteiger partial charge in [0.25, 0.3) is 5.91 Å². The molecule has 0 aliphatic heterocycles. The Balaban J connectivity index is 1.58. The van der Waals surface area contributed by atoms with Gasteiger partial charge in [-0.05, 0) is 30.7 Å². The summed E-state index contributed by atoms with van der Waals surface area (Å²) in [5.41, 5.74) is 2.05. The molecule has 0 aliphatic carbocycles. The quantitative estimate of drug-likeness (QED) is 0.572. The molecule has 0 saturated heterocycles. The van der Waals surface area contributed by atoms with Crippen LogP contribution in [0.15, 0.2) is 53.9 Å². The molecule has 30 heavy (non-hydrogen) atoms. The van der Waals surface area contributed by atoms with E-state index in [-0.39, 0.29) is 24.3 Å². The number of thiazole rings is 1. The topological polar surface area (TPSA) is 89.5 Å². The number of rotatable bonds is 8. The first-order valence-electron chi connectivity index (χ1n) is 9.32. The van der Waals surface area contributed by atoms with Crippen LogP contribution in [-0.4, -0.2) is 31.0 Å². The van der Waals surface area contributed by atoms with Crippen molar-refractivity contribution >= 4 is 28.3 Å². The van der Waals surface area contributed by atoms with Gasteiger partial charge in [0, 0.05) is 10.9 Å². The second-order valence-electron chi connectivity index (χ2n) is 6.54. The highest BCUT2D eigenvalue weighted by Crippen LogP contribution is 2.28. The third-order valence-electron chi connectivity index (χ3n) is 4.44. The molecule has 2 aromatic carbocycles. The van der Waals surface area contributed by atoms with Gasteiger partial charge in [0.15, 0.2) is 16.6 Å². The van der Waals surface area contributed by atoms with E-state index >= 15 is 0 Å². The molecule has 0 saturated carbocycles. The standard InChI is InChI=1S/C22H23N3O4S/c1-14(15-7-5-4-6-8-15)23-20(26)12-17-13-30-22(24-17)25-21(27)16-9-10-18(28-2)19(11-16)29-3/h4-11,13-14H,12H2,1-3H3,(H,23,26)(H,24,25,27). The number of anilines is 1. The number of methoxy groups -OCH3 is 2. The predicted octanol–water partition coefficient (Wildman–Crippen LogP) is 3.83. The maximum atomic E-state index is 12.5. The summed E-state index contributed by atoms with van der Waals surface area (Å²) in [6.45, 7) is 1.93. The van der Waals surface area contributed by atoms with Crippen LogP contribution in [0.2, 0.25) is 0 Å². The molecule has 7 nitrogen and oxygen atoms in total. The molecule has 3 aromatic rings. The van der Waals surface area contributed by atoms with E-state index in [1.165, 1.54) is 25.6 Å². The Kier molecular flexibility index (Phi) is 7.03. The molecule has 0 aliphatic rings. The van der Waals surface area contributed by atoms with Crippen LogP contribution < -0.4 is 20.1 Å². The maximum absolute atomic E-state index is 12.5. The van der Waals surface area contributed by atoms with Crippen molar-refractivity contribution in [3.8, 4) is 11.5 Å². The average molecular weight is 426 g/mol. The van der Waals surface area contributed by atoms with E-state index < -0.39 is 0 Å². The fraction of sp³-hybridized carbons (Fsp3) is 0.227. The summed E-state index contributed by atoms with van der Waals surface area (Å²) in [5, 5.41) is 7.89. The molecule has 2 N–H and O–H groups in total. The van der Waals surface area contributed by atoms with Crippen molar-refractivity contribution in [1.82, 2.24) is 10.3 Å². The van der Waals surface area contributed by atoms with Crippen LogP contribution in [0.25, 0.3) is 0 Å². The van der Waals surface area contributed by atoms with Crippen molar-refractivity contribution in [1.29, 1.82) is 0 Å². The lowest BCUT2D eigenvalue weighted by Crippen LogP contribution is -2.28. The van der Waals surface area contributed by atoms with Crippen LogP contribution in [0.4, 0.5) is 5.13 Å². The SMILES string of the molecule is COc1ccc(C(=O)Nc2nc(CC(=O)NC(C)c3ccccc3)cs2)cc1OC. The van der Waals surface area contributed by atoms with Crippen LogP contribution in [0, 0.1) is 0 Å². The van der Waals surface area contributed by atoms with Crippen LogP contribution in [0.5, 0.6) is 11.5 Å². The zero-order chi connectivity index (χ0) is 21.5. The minimum absolute atomic E-state index is 0.0958. The van der Waals surface area contributed by atoms with E-state index in [0.717, 1.165) is 5.56 Å². The van der Waals surface area contributed by atoms with Gasteiger partial charge in [-0.1, -0.05) is 30.3 Å². The Hall–Kier alpha value is -3.39. The molecule has 3 rings (SSSR count). The van der Waals surface area contributed by atoms with Crippen molar-refractivity contribution < 1.29 is 19.1 Å². The van der Waals surface area contributed by atoms with E-state index in [9.17, 15) is 9.59 Å². The van der Waals surface area contributed by atoms with Gasteiger partial charge in [0.1, 0.15) is 0 Å². The molecule has 0 spiro atoms.